The van der Waals surface area contributed by atoms with Crippen molar-refractivity contribution in [2.75, 3.05) is 18.4 Å². The predicted octanol–water partition coefficient (Wildman–Crippen LogP) is 2.31. The number of nitrogens with one attached hydrogen (secondary N) is 1. The molecule has 1 amide bonds. The molecule has 25 heavy (non-hydrogen) atoms. The maximum atomic E-state index is 14.1. The number of likely N-dealkylation sites (tertiary alicyclic amines) is 1. The number of anilines is 1. The number of halogens is 1. The maximum Gasteiger partial charge on any atom is 0.242 e. The van der Waals surface area contributed by atoms with Crippen LogP contribution >= 0.6 is 0 Å². The van der Waals surface area contributed by atoms with Gasteiger partial charge in [0.25, 0.3) is 0 Å². The van der Waals surface area contributed by atoms with Crippen molar-refractivity contribution in [1.29, 1.82) is 0 Å². The van der Waals surface area contributed by atoms with E-state index in [0.717, 1.165) is 25.8 Å². The summed E-state index contributed by atoms with van der Waals surface area (Å²) in [6.45, 7) is 4.82. The number of amides is 1. The van der Waals surface area contributed by atoms with Crippen molar-refractivity contribution in [3.8, 4) is 5.69 Å². The van der Waals surface area contributed by atoms with Gasteiger partial charge in [0, 0.05) is 18.3 Å². The third kappa shape index (κ3) is 3.78. The number of aryl methyl sites for hydroxylation is 1. The first-order valence-corrected chi connectivity index (χ1v) is 8.68. The van der Waals surface area contributed by atoms with E-state index in [1.165, 1.54) is 17.2 Å². The van der Waals surface area contributed by atoms with Gasteiger partial charge in [-0.05, 0) is 61.2 Å². The van der Waals surface area contributed by atoms with Crippen LogP contribution in [-0.4, -0.2) is 50.1 Å². The van der Waals surface area contributed by atoms with Crippen molar-refractivity contribution in [2.24, 2.45) is 0 Å². The van der Waals surface area contributed by atoms with Crippen molar-refractivity contribution < 1.29 is 9.18 Å². The molecule has 3 rings (SSSR count). The van der Waals surface area contributed by atoms with Crippen molar-refractivity contribution in [1.82, 2.24) is 25.1 Å². The first-order chi connectivity index (χ1) is 12.1. The summed E-state index contributed by atoms with van der Waals surface area (Å²) in [6.07, 6.45) is 4.29. The molecular formula is C17H23FN6O. The highest BCUT2D eigenvalue weighted by molar-refractivity contribution is 5.81. The minimum Gasteiger partial charge on any atom is -0.376 e. The molecule has 0 unspecified atom stereocenters. The number of hydrogen-bond acceptors (Lipinski definition) is 5. The number of piperidine rings is 1. The van der Waals surface area contributed by atoms with E-state index >= 15 is 0 Å². The van der Waals surface area contributed by atoms with Crippen LogP contribution in [0.3, 0.4) is 0 Å². The molecule has 0 radical (unpaired) electrons. The lowest BCUT2D eigenvalue weighted by Gasteiger charge is -2.35. The quantitative estimate of drug-likeness (QED) is 0.899. The van der Waals surface area contributed by atoms with Gasteiger partial charge in [-0.2, -0.15) is 4.68 Å². The number of carbonyl (C=O) groups is 1. The van der Waals surface area contributed by atoms with Gasteiger partial charge in [0.2, 0.25) is 5.91 Å². The van der Waals surface area contributed by atoms with E-state index in [4.69, 9.17) is 0 Å². The fourth-order valence-corrected chi connectivity index (χ4v) is 3.27. The monoisotopic (exact) mass is 346 g/mol. The SMILES string of the molecule is CC[C@@H]1CCCCN1C(=O)CNc1ccc(F)c(-n2nnnc2C)c1. The summed E-state index contributed by atoms with van der Waals surface area (Å²) in [4.78, 5) is 14.5. The number of carbonyl (C=O) groups excluding carboxylic acids is 1. The molecule has 1 aliphatic heterocycles. The standard InChI is InChI=1S/C17H23FN6O/c1-3-14-6-4-5-9-23(14)17(25)11-19-13-7-8-15(18)16(10-13)24-12(2)20-21-22-24/h7-8,10,14,19H,3-6,9,11H2,1-2H3/t14-/m1/s1. The van der Waals surface area contributed by atoms with Gasteiger partial charge in [0.15, 0.2) is 5.82 Å². The predicted molar refractivity (Wildman–Crippen MR) is 92.0 cm³/mol. The highest BCUT2D eigenvalue weighted by Gasteiger charge is 2.24. The van der Waals surface area contributed by atoms with Crippen LogP contribution < -0.4 is 5.32 Å². The Balaban J connectivity index is 1.69. The molecule has 0 bridgehead atoms. The number of aromatic nitrogens is 4. The van der Waals surface area contributed by atoms with Gasteiger partial charge in [-0.1, -0.05) is 6.92 Å². The molecule has 0 spiro atoms. The van der Waals surface area contributed by atoms with Gasteiger partial charge in [0.1, 0.15) is 11.5 Å². The summed E-state index contributed by atoms with van der Waals surface area (Å²) in [5.41, 5.74) is 0.911. The molecule has 7 nitrogen and oxygen atoms in total. The molecule has 1 saturated heterocycles. The van der Waals surface area contributed by atoms with Crippen LogP contribution in [0.5, 0.6) is 0 Å². The molecule has 0 saturated carbocycles. The summed E-state index contributed by atoms with van der Waals surface area (Å²) in [5.74, 6) is 0.150. The summed E-state index contributed by atoms with van der Waals surface area (Å²) < 4.78 is 15.4. The number of benzene rings is 1. The van der Waals surface area contributed by atoms with Crippen molar-refractivity contribution >= 4 is 11.6 Å². The second-order valence-electron chi connectivity index (χ2n) is 6.30. The van der Waals surface area contributed by atoms with Crippen LogP contribution in [0.25, 0.3) is 5.69 Å². The zero-order valence-corrected chi connectivity index (χ0v) is 14.6. The fraction of sp³-hybridized carbons (Fsp3) is 0.529. The lowest BCUT2D eigenvalue weighted by molar-refractivity contribution is -0.133. The van der Waals surface area contributed by atoms with E-state index in [1.807, 2.05) is 4.90 Å². The van der Waals surface area contributed by atoms with Gasteiger partial charge in [-0.15, -0.1) is 5.10 Å². The molecule has 2 aromatic rings. The van der Waals surface area contributed by atoms with Gasteiger partial charge in [-0.25, -0.2) is 4.39 Å². The lowest BCUT2D eigenvalue weighted by Crippen LogP contribution is -2.45. The average molecular weight is 346 g/mol. The van der Waals surface area contributed by atoms with Crippen LogP contribution in [0.15, 0.2) is 18.2 Å². The Morgan fingerprint density at radius 2 is 2.24 bits per heavy atom. The molecule has 1 aromatic heterocycles. The Labute approximate surface area is 146 Å². The van der Waals surface area contributed by atoms with Crippen LogP contribution in [0.2, 0.25) is 0 Å². The summed E-state index contributed by atoms with van der Waals surface area (Å²) >= 11 is 0. The zero-order valence-electron chi connectivity index (χ0n) is 14.6. The van der Waals surface area contributed by atoms with Crippen LogP contribution in [-0.2, 0) is 4.79 Å². The lowest BCUT2D eigenvalue weighted by atomic mass is 10.00. The summed E-state index contributed by atoms with van der Waals surface area (Å²) in [5, 5.41) is 14.2. The van der Waals surface area contributed by atoms with Crippen LogP contribution in [0.1, 0.15) is 38.4 Å². The van der Waals surface area contributed by atoms with Gasteiger partial charge in [-0.3, -0.25) is 4.79 Å². The molecule has 1 aromatic carbocycles. The highest BCUT2D eigenvalue weighted by Crippen LogP contribution is 2.21. The van der Waals surface area contributed by atoms with E-state index in [2.05, 4.69) is 27.8 Å². The van der Waals surface area contributed by atoms with Crippen molar-refractivity contribution in [2.45, 2.75) is 45.6 Å². The Morgan fingerprint density at radius 3 is 2.96 bits per heavy atom. The van der Waals surface area contributed by atoms with Gasteiger partial charge < -0.3 is 10.2 Å². The first kappa shape index (κ1) is 17.3. The molecule has 1 fully saturated rings. The highest BCUT2D eigenvalue weighted by atomic mass is 19.1. The molecule has 1 N–H and O–H groups in total. The maximum absolute atomic E-state index is 14.1. The van der Waals surface area contributed by atoms with Crippen LogP contribution in [0.4, 0.5) is 10.1 Å². The summed E-state index contributed by atoms with van der Waals surface area (Å²) in [6, 6.07) is 4.90. The molecule has 134 valence electrons. The molecule has 0 aliphatic carbocycles. The van der Waals surface area contributed by atoms with Crippen molar-refractivity contribution in [3.05, 3.63) is 29.8 Å². The first-order valence-electron chi connectivity index (χ1n) is 8.68. The largest absolute Gasteiger partial charge is 0.376 e. The van der Waals surface area contributed by atoms with Crippen molar-refractivity contribution in [3.63, 3.8) is 0 Å². The topological polar surface area (TPSA) is 75.9 Å². The zero-order chi connectivity index (χ0) is 17.8. The molecular weight excluding hydrogens is 323 g/mol. The Bertz CT molecular complexity index is 746. The summed E-state index contributed by atoms with van der Waals surface area (Å²) in [7, 11) is 0. The van der Waals surface area contributed by atoms with E-state index < -0.39 is 5.82 Å². The second kappa shape index (κ2) is 7.58. The Hall–Kier alpha value is -2.51. The van der Waals surface area contributed by atoms with E-state index in [1.54, 1.807) is 19.1 Å². The minimum atomic E-state index is -0.422. The smallest absolute Gasteiger partial charge is 0.242 e. The molecule has 1 aliphatic rings. The minimum absolute atomic E-state index is 0.0797. The van der Waals surface area contributed by atoms with Gasteiger partial charge in [0.05, 0.1) is 6.54 Å². The Kier molecular flexibility index (Phi) is 5.25. The number of tetrazole rings is 1. The molecule has 1 atom stereocenters. The van der Waals surface area contributed by atoms with Crippen LogP contribution in [0, 0.1) is 12.7 Å². The Morgan fingerprint density at radius 1 is 1.40 bits per heavy atom. The van der Waals surface area contributed by atoms with E-state index in [0.29, 0.717) is 17.6 Å². The average Bonchev–Trinajstić information content (AvgIpc) is 3.06. The number of rotatable bonds is 5. The van der Waals surface area contributed by atoms with E-state index in [-0.39, 0.29) is 18.1 Å². The fourth-order valence-electron chi connectivity index (χ4n) is 3.27. The molecule has 2 heterocycles. The third-order valence-electron chi connectivity index (χ3n) is 4.66. The number of nitrogens with zero attached hydrogens (tertiary/aromatic N) is 5. The second-order valence-corrected chi connectivity index (χ2v) is 6.30. The van der Waals surface area contributed by atoms with Gasteiger partial charge >= 0.3 is 0 Å². The molecule has 8 heteroatoms. The number of hydrogen-bond donors (Lipinski definition) is 1. The van der Waals surface area contributed by atoms with E-state index in [9.17, 15) is 9.18 Å². The normalized spacial score (nSPS) is 17.6. The third-order valence-corrected chi connectivity index (χ3v) is 4.66.